The highest BCUT2D eigenvalue weighted by Gasteiger charge is 2.35. The monoisotopic (exact) mass is 333 g/mol. The van der Waals surface area contributed by atoms with Crippen LogP contribution in [0.2, 0.25) is 0 Å². The van der Waals surface area contributed by atoms with Crippen LogP contribution in [0, 0.1) is 13.8 Å². The number of hydrogen-bond donors (Lipinski definition) is 1. The molecule has 1 aromatic heterocycles. The zero-order chi connectivity index (χ0) is 15.8. The van der Waals surface area contributed by atoms with Gasteiger partial charge in [-0.1, -0.05) is 13.8 Å². The molecule has 1 aromatic rings. The highest BCUT2D eigenvalue weighted by Crippen LogP contribution is 2.31. The molecule has 8 heteroatoms. The highest BCUT2D eigenvalue weighted by atomic mass is 32.2. The van der Waals surface area contributed by atoms with Crippen molar-refractivity contribution in [3.63, 3.8) is 0 Å². The lowest BCUT2D eigenvalue weighted by Gasteiger charge is -2.33. The van der Waals surface area contributed by atoms with Crippen molar-refractivity contribution in [2.45, 2.75) is 49.6 Å². The predicted octanol–water partition coefficient (Wildman–Crippen LogP) is 1.01. The Bertz CT molecular complexity index is 602. The van der Waals surface area contributed by atoms with E-state index in [9.17, 15) is 8.42 Å². The van der Waals surface area contributed by atoms with Gasteiger partial charge in [-0.25, -0.2) is 8.42 Å². The van der Waals surface area contributed by atoms with Crippen LogP contribution in [0.1, 0.15) is 25.2 Å². The number of aromatic nitrogens is 2. The summed E-state index contributed by atoms with van der Waals surface area (Å²) in [4.78, 5) is 0.294. The lowest BCUT2D eigenvalue weighted by molar-refractivity contribution is 0.267. The van der Waals surface area contributed by atoms with Crippen molar-refractivity contribution < 1.29 is 13.5 Å². The molecule has 0 bridgehead atoms. The van der Waals surface area contributed by atoms with Gasteiger partial charge in [0.15, 0.2) is 0 Å². The zero-order valence-electron chi connectivity index (χ0n) is 12.9. The fourth-order valence-electron chi connectivity index (χ4n) is 2.82. The first-order valence-electron chi connectivity index (χ1n) is 7.07. The number of sulfonamides is 1. The molecule has 2 rings (SSSR count). The van der Waals surface area contributed by atoms with Gasteiger partial charge >= 0.3 is 0 Å². The minimum atomic E-state index is -3.53. The molecule has 1 aliphatic heterocycles. The smallest absolute Gasteiger partial charge is 0.246 e. The Morgan fingerprint density at radius 2 is 1.86 bits per heavy atom. The van der Waals surface area contributed by atoms with Crippen LogP contribution < -0.4 is 0 Å². The molecule has 21 heavy (non-hydrogen) atoms. The van der Waals surface area contributed by atoms with Gasteiger partial charge in [-0.05, 0) is 13.8 Å². The van der Waals surface area contributed by atoms with Crippen LogP contribution in [0.5, 0.6) is 0 Å². The van der Waals surface area contributed by atoms with Gasteiger partial charge < -0.3 is 5.11 Å². The van der Waals surface area contributed by atoms with E-state index in [1.165, 1.54) is 0 Å². The minimum absolute atomic E-state index is 0.0597. The van der Waals surface area contributed by atoms with Gasteiger partial charge in [0.1, 0.15) is 4.90 Å². The summed E-state index contributed by atoms with van der Waals surface area (Å²) in [6, 6.07) is 0. The van der Waals surface area contributed by atoms with Crippen LogP contribution in [0.25, 0.3) is 0 Å². The molecular weight excluding hydrogens is 310 g/mol. The Morgan fingerprint density at radius 3 is 2.38 bits per heavy atom. The Kier molecular flexibility index (Phi) is 5.02. The topological polar surface area (TPSA) is 75.4 Å². The number of nitrogens with zero attached hydrogens (tertiary/aromatic N) is 3. The van der Waals surface area contributed by atoms with Gasteiger partial charge in [-0.3, -0.25) is 4.68 Å². The maximum absolute atomic E-state index is 12.9. The molecule has 0 spiro atoms. The van der Waals surface area contributed by atoms with Crippen LogP contribution in [-0.4, -0.2) is 57.8 Å². The molecule has 1 aliphatic rings. The van der Waals surface area contributed by atoms with Crippen molar-refractivity contribution in [2.75, 3.05) is 19.7 Å². The third kappa shape index (κ3) is 3.28. The highest BCUT2D eigenvalue weighted by molar-refractivity contribution is 8.00. The number of rotatable bonds is 4. The fourth-order valence-corrected chi connectivity index (χ4v) is 6.33. The van der Waals surface area contributed by atoms with Crippen molar-refractivity contribution >= 4 is 21.8 Å². The Balaban J connectivity index is 2.40. The molecule has 1 fully saturated rings. The van der Waals surface area contributed by atoms with Crippen molar-refractivity contribution in [3.8, 4) is 0 Å². The van der Waals surface area contributed by atoms with E-state index in [1.807, 2.05) is 11.8 Å². The summed E-state index contributed by atoms with van der Waals surface area (Å²) in [7, 11) is -3.53. The second-order valence-electron chi connectivity index (χ2n) is 5.53. The summed E-state index contributed by atoms with van der Waals surface area (Å²) >= 11 is 1.82. The standard InChI is InChI=1S/C13H23N3O3S2/c1-9-7-15(8-10(2)20-9)21(18,19)13-11(3)14-16(5-6-17)12(13)4/h9-10,17H,5-8H2,1-4H3. The average molecular weight is 333 g/mol. The third-order valence-corrected chi connectivity index (χ3v) is 6.92. The lowest BCUT2D eigenvalue weighted by Crippen LogP contribution is -2.44. The van der Waals surface area contributed by atoms with Crippen molar-refractivity contribution in [2.24, 2.45) is 0 Å². The first kappa shape index (κ1) is 16.8. The van der Waals surface area contributed by atoms with Crippen LogP contribution in [0.4, 0.5) is 0 Å². The second-order valence-corrected chi connectivity index (χ2v) is 9.28. The molecule has 1 saturated heterocycles. The Labute approximate surface area is 130 Å². The minimum Gasteiger partial charge on any atom is -0.394 e. The maximum Gasteiger partial charge on any atom is 0.246 e. The summed E-state index contributed by atoms with van der Waals surface area (Å²) in [5.74, 6) is 0. The second kappa shape index (κ2) is 6.28. The summed E-state index contributed by atoms with van der Waals surface area (Å²) in [5, 5.41) is 13.9. The van der Waals surface area contributed by atoms with Crippen molar-refractivity contribution in [1.29, 1.82) is 0 Å². The van der Waals surface area contributed by atoms with Crippen LogP contribution in [0.3, 0.4) is 0 Å². The quantitative estimate of drug-likeness (QED) is 0.890. The van der Waals surface area contributed by atoms with E-state index in [1.54, 1.807) is 22.8 Å². The first-order chi connectivity index (χ1) is 9.77. The molecule has 6 nitrogen and oxygen atoms in total. The summed E-state index contributed by atoms with van der Waals surface area (Å²) in [5.41, 5.74) is 1.10. The number of thioether (sulfide) groups is 1. The fraction of sp³-hybridized carbons (Fsp3) is 0.769. The van der Waals surface area contributed by atoms with E-state index < -0.39 is 10.0 Å². The van der Waals surface area contributed by atoms with E-state index >= 15 is 0 Å². The SMILES string of the molecule is Cc1nn(CCO)c(C)c1S(=O)(=O)N1CC(C)SC(C)C1. The van der Waals surface area contributed by atoms with Gasteiger partial charge in [-0.2, -0.15) is 21.2 Å². The van der Waals surface area contributed by atoms with Crippen molar-refractivity contribution in [3.05, 3.63) is 11.4 Å². The van der Waals surface area contributed by atoms with Gasteiger partial charge in [0, 0.05) is 23.6 Å². The summed E-state index contributed by atoms with van der Waals surface area (Å²) in [6.07, 6.45) is 0. The molecule has 0 amide bonds. The van der Waals surface area contributed by atoms with E-state index in [0.717, 1.165) is 0 Å². The predicted molar refractivity (Wildman–Crippen MR) is 84.1 cm³/mol. The number of aliphatic hydroxyl groups is 1. The third-order valence-electron chi connectivity index (χ3n) is 3.61. The number of hydrogen-bond acceptors (Lipinski definition) is 5. The van der Waals surface area contributed by atoms with Gasteiger partial charge in [0.25, 0.3) is 0 Å². The normalized spacial score (nSPS) is 24.4. The molecule has 120 valence electrons. The molecule has 0 aliphatic carbocycles. The Morgan fingerprint density at radius 1 is 1.29 bits per heavy atom. The number of aliphatic hydroxyl groups excluding tert-OH is 1. The van der Waals surface area contributed by atoms with E-state index in [0.29, 0.717) is 35.9 Å². The summed E-state index contributed by atoms with van der Waals surface area (Å²) in [6.45, 7) is 8.87. The average Bonchev–Trinajstić information content (AvgIpc) is 2.64. The van der Waals surface area contributed by atoms with Crippen molar-refractivity contribution in [1.82, 2.24) is 14.1 Å². The molecule has 2 heterocycles. The lowest BCUT2D eigenvalue weighted by atomic mass is 10.4. The van der Waals surface area contributed by atoms with Gasteiger partial charge in [0.05, 0.1) is 24.5 Å². The van der Waals surface area contributed by atoms with Gasteiger partial charge in [0.2, 0.25) is 10.0 Å². The maximum atomic E-state index is 12.9. The molecule has 0 aromatic carbocycles. The molecule has 2 atom stereocenters. The van der Waals surface area contributed by atoms with Gasteiger partial charge in [-0.15, -0.1) is 0 Å². The molecule has 0 radical (unpaired) electrons. The molecular formula is C13H23N3O3S2. The van der Waals surface area contributed by atoms with Crippen LogP contribution in [0.15, 0.2) is 4.90 Å². The summed E-state index contributed by atoms with van der Waals surface area (Å²) < 4.78 is 29.0. The Hall–Kier alpha value is -0.570. The van der Waals surface area contributed by atoms with E-state index in [4.69, 9.17) is 5.11 Å². The zero-order valence-corrected chi connectivity index (χ0v) is 14.5. The molecule has 2 unspecified atom stereocenters. The van der Waals surface area contributed by atoms with Crippen LogP contribution in [-0.2, 0) is 16.6 Å². The largest absolute Gasteiger partial charge is 0.394 e. The van der Waals surface area contributed by atoms with Crippen LogP contribution >= 0.6 is 11.8 Å². The van der Waals surface area contributed by atoms with E-state index in [-0.39, 0.29) is 17.1 Å². The van der Waals surface area contributed by atoms with E-state index in [2.05, 4.69) is 18.9 Å². The molecule has 1 N–H and O–H groups in total. The molecule has 0 saturated carbocycles. The number of aryl methyl sites for hydroxylation is 1. The first-order valence-corrected chi connectivity index (χ1v) is 9.46.